The summed E-state index contributed by atoms with van der Waals surface area (Å²) in [4.78, 5) is 10.9. The predicted molar refractivity (Wildman–Crippen MR) is 67.8 cm³/mol. The molecule has 1 aromatic carbocycles. The fraction of sp³-hybridized carbons (Fsp3) is 0.417. The topological polar surface area (TPSA) is 83.5 Å². The molecule has 0 radical (unpaired) electrons. The fourth-order valence-corrected chi connectivity index (χ4v) is 3.18. The SMILES string of the molecule is CCC(C)(NS(=O)(=O)c1cc(F)ccc1C)C(=O)O. The minimum Gasteiger partial charge on any atom is -0.480 e. The number of rotatable bonds is 5. The van der Waals surface area contributed by atoms with Crippen LogP contribution in [-0.2, 0) is 14.8 Å². The van der Waals surface area contributed by atoms with Crippen LogP contribution in [-0.4, -0.2) is 25.0 Å². The highest BCUT2D eigenvalue weighted by atomic mass is 32.2. The second-order valence-electron chi connectivity index (χ2n) is 4.51. The smallest absolute Gasteiger partial charge is 0.324 e. The third kappa shape index (κ3) is 3.30. The minimum absolute atomic E-state index is 0.0654. The van der Waals surface area contributed by atoms with Gasteiger partial charge in [-0.25, -0.2) is 12.8 Å². The van der Waals surface area contributed by atoms with Gasteiger partial charge in [-0.15, -0.1) is 0 Å². The molecule has 0 aromatic heterocycles. The zero-order valence-corrected chi connectivity index (χ0v) is 11.7. The second-order valence-corrected chi connectivity index (χ2v) is 6.16. The van der Waals surface area contributed by atoms with Crippen molar-refractivity contribution in [1.29, 1.82) is 0 Å². The zero-order valence-electron chi connectivity index (χ0n) is 10.9. The number of halogens is 1. The van der Waals surface area contributed by atoms with E-state index in [-0.39, 0.29) is 11.3 Å². The molecule has 0 bridgehead atoms. The molecule has 0 fully saturated rings. The van der Waals surface area contributed by atoms with Crippen LogP contribution in [0, 0.1) is 12.7 Å². The minimum atomic E-state index is -4.10. The van der Waals surface area contributed by atoms with Gasteiger partial charge in [0.25, 0.3) is 0 Å². The molecule has 1 unspecified atom stereocenters. The zero-order chi connectivity index (χ0) is 14.8. The van der Waals surface area contributed by atoms with Crippen molar-refractivity contribution >= 4 is 16.0 Å². The molecule has 0 heterocycles. The monoisotopic (exact) mass is 289 g/mol. The van der Waals surface area contributed by atoms with E-state index in [1.165, 1.54) is 19.9 Å². The number of carboxylic acids is 1. The predicted octanol–water partition coefficient (Wildman–Crippen LogP) is 1.67. The summed E-state index contributed by atoms with van der Waals surface area (Å²) in [6, 6.07) is 3.34. The average Bonchev–Trinajstić information content (AvgIpc) is 2.31. The van der Waals surface area contributed by atoms with Gasteiger partial charge in [-0.1, -0.05) is 13.0 Å². The normalized spacial score (nSPS) is 14.9. The molecule has 106 valence electrons. The highest BCUT2D eigenvalue weighted by molar-refractivity contribution is 7.89. The van der Waals surface area contributed by atoms with Crippen LogP contribution in [0.5, 0.6) is 0 Å². The van der Waals surface area contributed by atoms with Gasteiger partial charge in [0, 0.05) is 0 Å². The lowest BCUT2D eigenvalue weighted by Gasteiger charge is -2.24. The van der Waals surface area contributed by atoms with Crippen molar-refractivity contribution in [3.63, 3.8) is 0 Å². The largest absolute Gasteiger partial charge is 0.480 e. The van der Waals surface area contributed by atoms with E-state index in [4.69, 9.17) is 5.11 Å². The lowest BCUT2D eigenvalue weighted by molar-refractivity contribution is -0.143. The standard InChI is InChI=1S/C12H16FNO4S/c1-4-12(3,11(15)16)14-19(17,18)10-7-9(13)6-5-8(10)2/h5-7,14H,4H2,1-3H3,(H,15,16). The van der Waals surface area contributed by atoms with E-state index >= 15 is 0 Å². The molecule has 0 saturated heterocycles. The summed E-state index contributed by atoms with van der Waals surface area (Å²) in [6.07, 6.45) is 0.0654. The molecule has 0 aliphatic rings. The maximum absolute atomic E-state index is 13.1. The summed E-state index contributed by atoms with van der Waals surface area (Å²) in [6.45, 7) is 4.33. The van der Waals surface area contributed by atoms with Crippen molar-refractivity contribution in [2.45, 2.75) is 37.6 Å². The van der Waals surface area contributed by atoms with Gasteiger partial charge in [0.1, 0.15) is 11.4 Å². The molecule has 5 nitrogen and oxygen atoms in total. The lowest BCUT2D eigenvalue weighted by Crippen LogP contribution is -2.51. The van der Waals surface area contributed by atoms with Gasteiger partial charge < -0.3 is 5.11 Å². The van der Waals surface area contributed by atoms with E-state index in [0.29, 0.717) is 5.56 Å². The van der Waals surface area contributed by atoms with Crippen LogP contribution in [0.3, 0.4) is 0 Å². The maximum atomic E-state index is 13.1. The highest BCUT2D eigenvalue weighted by Gasteiger charge is 2.36. The van der Waals surface area contributed by atoms with Crippen molar-refractivity contribution < 1.29 is 22.7 Å². The van der Waals surface area contributed by atoms with Gasteiger partial charge in [-0.2, -0.15) is 4.72 Å². The lowest BCUT2D eigenvalue weighted by atomic mass is 10.0. The fourth-order valence-electron chi connectivity index (χ4n) is 1.48. The van der Waals surface area contributed by atoms with Gasteiger partial charge in [-0.05, 0) is 38.0 Å². The number of aryl methyl sites for hydroxylation is 1. The Morgan fingerprint density at radius 1 is 1.47 bits per heavy atom. The Balaban J connectivity index is 3.26. The quantitative estimate of drug-likeness (QED) is 0.863. The molecule has 2 N–H and O–H groups in total. The molecule has 7 heteroatoms. The van der Waals surface area contributed by atoms with Crippen LogP contribution < -0.4 is 4.72 Å². The molecule has 0 amide bonds. The van der Waals surface area contributed by atoms with E-state index in [2.05, 4.69) is 4.72 Å². The van der Waals surface area contributed by atoms with Crippen LogP contribution in [0.1, 0.15) is 25.8 Å². The first-order valence-corrected chi connectivity index (χ1v) is 7.14. The van der Waals surface area contributed by atoms with Gasteiger partial charge in [0.15, 0.2) is 0 Å². The molecule has 1 rings (SSSR count). The average molecular weight is 289 g/mol. The van der Waals surface area contributed by atoms with E-state index < -0.39 is 27.3 Å². The van der Waals surface area contributed by atoms with Gasteiger partial charge in [0.05, 0.1) is 4.90 Å². The van der Waals surface area contributed by atoms with E-state index in [0.717, 1.165) is 12.1 Å². The Kier molecular flexibility index (Phi) is 4.32. The molecule has 0 spiro atoms. The molecule has 0 aliphatic carbocycles. The Hall–Kier alpha value is -1.47. The maximum Gasteiger partial charge on any atom is 0.324 e. The highest BCUT2D eigenvalue weighted by Crippen LogP contribution is 2.20. The summed E-state index contributed by atoms with van der Waals surface area (Å²) < 4.78 is 39.5. The number of carbonyl (C=O) groups is 1. The first kappa shape index (κ1) is 15.6. The van der Waals surface area contributed by atoms with Crippen LogP contribution in [0.25, 0.3) is 0 Å². The number of carboxylic acid groups (broad SMARTS) is 1. The summed E-state index contributed by atoms with van der Waals surface area (Å²) in [7, 11) is -4.10. The summed E-state index contributed by atoms with van der Waals surface area (Å²) in [5.74, 6) is -1.98. The molecule has 0 saturated carbocycles. The number of hydrogen-bond donors (Lipinski definition) is 2. The third-order valence-corrected chi connectivity index (χ3v) is 4.72. The van der Waals surface area contributed by atoms with Crippen molar-refractivity contribution in [1.82, 2.24) is 4.72 Å². The number of sulfonamides is 1. The van der Waals surface area contributed by atoms with E-state index in [1.807, 2.05) is 0 Å². The summed E-state index contributed by atoms with van der Waals surface area (Å²) in [5.41, 5.74) is -1.28. The Bertz CT molecular complexity index is 600. The van der Waals surface area contributed by atoms with Crippen molar-refractivity contribution in [2.75, 3.05) is 0 Å². The van der Waals surface area contributed by atoms with E-state index in [9.17, 15) is 17.6 Å². The molecule has 1 atom stereocenters. The summed E-state index contributed by atoms with van der Waals surface area (Å²) in [5, 5.41) is 9.07. The third-order valence-electron chi connectivity index (χ3n) is 2.98. The first-order chi connectivity index (χ1) is 8.62. The summed E-state index contributed by atoms with van der Waals surface area (Å²) >= 11 is 0. The number of hydrogen-bond acceptors (Lipinski definition) is 3. The molecular formula is C12H16FNO4S. The van der Waals surface area contributed by atoms with Crippen molar-refractivity contribution in [2.24, 2.45) is 0 Å². The Labute approximate surface area is 111 Å². The van der Waals surface area contributed by atoms with Crippen molar-refractivity contribution in [3.05, 3.63) is 29.6 Å². The van der Waals surface area contributed by atoms with Crippen LogP contribution in [0.4, 0.5) is 4.39 Å². The Morgan fingerprint density at radius 3 is 2.53 bits per heavy atom. The Morgan fingerprint density at radius 2 is 2.05 bits per heavy atom. The number of aliphatic carboxylic acids is 1. The molecule has 19 heavy (non-hydrogen) atoms. The molecule has 0 aliphatic heterocycles. The first-order valence-electron chi connectivity index (χ1n) is 5.66. The van der Waals surface area contributed by atoms with Crippen LogP contribution in [0.2, 0.25) is 0 Å². The van der Waals surface area contributed by atoms with Gasteiger partial charge >= 0.3 is 5.97 Å². The van der Waals surface area contributed by atoms with Gasteiger partial charge in [0.2, 0.25) is 10.0 Å². The van der Waals surface area contributed by atoms with Gasteiger partial charge in [-0.3, -0.25) is 4.79 Å². The van der Waals surface area contributed by atoms with Crippen molar-refractivity contribution in [3.8, 4) is 0 Å². The molecular weight excluding hydrogens is 273 g/mol. The number of nitrogens with one attached hydrogen (secondary N) is 1. The molecule has 1 aromatic rings. The van der Waals surface area contributed by atoms with E-state index in [1.54, 1.807) is 6.92 Å². The van der Waals surface area contributed by atoms with Crippen LogP contribution in [0.15, 0.2) is 23.1 Å². The number of benzene rings is 1. The second kappa shape index (κ2) is 5.26. The van der Waals surface area contributed by atoms with Crippen LogP contribution >= 0.6 is 0 Å².